The molecule has 2 aromatic rings. The Morgan fingerprint density at radius 2 is 2.05 bits per heavy atom. The van der Waals surface area contributed by atoms with E-state index in [0.717, 1.165) is 24.2 Å². The van der Waals surface area contributed by atoms with Crippen molar-refractivity contribution < 1.29 is 14.6 Å². The number of morpholine rings is 1. The molecule has 1 N–H and O–H groups in total. The second-order valence-corrected chi connectivity index (χ2v) is 6.02. The van der Waals surface area contributed by atoms with E-state index in [2.05, 4.69) is 23.1 Å². The lowest BCUT2D eigenvalue weighted by molar-refractivity contribution is -0.0851. The van der Waals surface area contributed by atoms with Gasteiger partial charge in [0.1, 0.15) is 12.4 Å². The molecule has 1 heterocycles. The molecule has 0 saturated carbocycles. The van der Waals surface area contributed by atoms with Crippen molar-refractivity contribution in [3.8, 4) is 5.75 Å². The fraction of sp³-hybridized carbons (Fsp3) is 0.444. The number of hydrogen-bond acceptors (Lipinski definition) is 4. The molecule has 4 heteroatoms. The maximum atomic E-state index is 9.62. The van der Waals surface area contributed by atoms with E-state index < -0.39 is 0 Å². The summed E-state index contributed by atoms with van der Waals surface area (Å²) in [5.74, 6) is 0.914. The lowest BCUT2D eigenvalue weighted by atomic mass is 10.0. The van der Waals surface area contributed by atoms with Crippen molar-refractivity contribution in [3.05, 3.63) is 42.5 Å². The molecule has 2 aromatic carbocycles. The van der Waals surface area contributed by atoms with Gasteiger partial charge in [-0.1, -0.05) is 36.4 Å². The van der Waals surface area contributed by atoms with Gasteiger partial charge in [0.15, 0.2) is 0 Å². The van der Waals surface area contributed by atoms with Crippen molar-refractivity contribution in [1.82, 2.24) is 4.90 Å². The van der Waals surface area contributed by atoms with Crippen LogP contribution in [-0.2, 0) is 4.74 Å². The first-order valence-electron chi connectivity index (χ1n) is 7.77. The minimum atomic E-state index is -0.305. The summed E-state index contributed by atoms with van der Waals surface area (Å²) in [7, 11) is 0. The molecular formula is C18H23NO3. The van der Waals surface area contributed by atoms with Crippen LogP contribution in [0, 0.1) is 0 Å². The van der Waals surface area contributed by atoms with Crippen molar-refractivity contribution in [3.63, 3.8) is 0 Å². The van der Waals surface area contributed by atoms with Crippen LogP contribution in [-0.4, -0.2) is 55.1 Å². The van der Waals surface area contributed by atoms with Gasteiger partial charge >= 0.3 is 0 Å². The Morgan fingerprint density at radius 1 is 1.23 bits per heavy atom. The highest BCUT2D eigenvalue weighted by atomic mass is 16.5. The first-order valence-corrected chi connectivity index (χ1v) is 7.77. The van der Waals surface area contributed by atoms with Gasteiger partial charge in [-0.25, -0.2) is 0 Å². The van der Waals surface area contributed by atoms with E-state index in [9.17, 15) is 5.11 Å². The number of nitrogens with zero attached hydrogens (tertiary/aromatic N) is 1. The van der Waals surface area contributed by atoms with Gasteiger partial charge in [0.05, 0.1) is 25.4 Å². The highest BCUT2D eigenvalue weighted by Gasteiger charge is 2.34. The SMILES string of the molecule is C[C@@]1(CO)COCCN1CCOc1cccc2ccccc12. The maximum Gasteiger partial charge on any atom is 0.127 e. The fourth-order valence-electron chi connectivity index (χ4n) is 2.94. The minimum absolute atomic E-state index is 0.0985. The van der Waals surface area contributed by atoms with Crippen LogP contribution in [0.3, 0.4) is 0 Å². The number of rotatable bonds is 5. The number of fused-ring (bicyclic) bond motifs is 1. The van der Waals surface area contributed by atoms with Gasteiger partial charge in [-0.05, 0) is 18.4 Å². The lowest BCUT2D eigenvalue weighted by Crippen LogP contribution is -2.58. The highest BCUT2D eigenvalue weighted by Crippen LogP contribution is 2.25. The zero-order valence-corrected chi connectivity index (χ0v) is 13.0. The summed E-state index contributed by atoms with van der Waals surface area (Å²) in [6.45, 7) is 5.62. The van der Waals surface area contributed by atoms with E-state index in [0.29, 0.717) is 19.8 Å². The maximum absolute atomic E-state index is 9.62. The summed E-state index contributed by atoms with van der Waals surface area (Å²) in [4.78, 5) is 2.25. The van der Waals surface area contributed by atoms with Gasteiger partial charge < -0.3 is 14.6 Å². The van der Waals surface area contributed by atoms with E-state index in [1.807, 2.05) is 31.2 Å². The molecule has 0 unspecified atom stereocenters. The molecular weight excluding hydrogens is 278 g/mol. The van der Waals surface area contributed by atoms with Gasteiger partial charge in [0.25, 0.3) is 0 Å². The quantitative estimate of drug-likeness (QED) is 0.920. The van der Waals surface area contributed by atoms with Crippen LogP contribution in [0.5, 0.6) is 5.75 Å². The minimum Gasteiger partial charge on any atom is -0.492 e. The third-order valence-electron chi connectivity index (χ3n) is 4.39. The number of aliphatic hydroxyl groups is 1. The topological polar surface area (TPSA) is 41.9 Å². The van der Waals surface area contributed by atoms with E-state index in [1.165, 1.54) is 5.39 Å². The van der Waals surface area contributed by atoms with Crippen LogP contribution in [0.4, 0.5) is 0 Å². The second kappa shape index (κ2) is 6.65. The van der Waals surface area contributed by atoms with E-state index in [1.54, 1.807) is 0 Å². The fourth-order valence-corrected chi connectivity index (χ4v) is 2.94. The molecule has 0 spiro atoms. The standard InChI is InChI=1S/C18H23NO3/c1-18(13-20)14-21-11-9-19(18)10-12-22-17-8-4-6-15-5-2-3-7-16(15)17/h2-8,20H,9-14H2,1H3/t18-/m1/s1. The predicted octanol–water partition coefficient (Wildman–Crippen LogP) is 2.30. The second-order valence-electron chi connectivity index (χ2n) is 6.02. The summed E-state index contributed by atoms with van der Waals surface area (Å²) >= 11 is 0. The van der Waals surface area contributed by atoms with Crippen molar-refractivity contribution in [2.24, 2.45) is 0 Å². The molecule has 3 rings (SSSR count). The van der Waals surface area contributed by atoms with E-state index in [4.69, 9.17) is 9.47 Å². The molecule has 0 aromatic heterocycles. The summed E-state index contributed by atoms with van der Waals surface area (Å²) in [5, 5.41) is 11.9. The summed E-state index contributed by atoms with van der Waals surface area (Å²) < 4.78 is 11.5. The van der Waals surface area contributed by atoms with Gasteiger partial charge in [0, 0.05) is 18.5 Å². The average molecular weight is 301 g/mol. The van der Waals surface area contributed by atoms with Crippen molar-refractivity contribution in [2.45, 2.75) is 12.5 Å². The third kappa shape index (κ3) is 3.09. The van der Waals surface area contributed by atoms with Crippen LogP contribution in [0.2, 0.25) is 0 Å². The lowest BCUT2D eigenvalue weighted by Gasteiger charge is -2.43. The van der Waals surface area contributed by atoms with E-state index in [-0.39, 0.29) is 12.1 Å². The molecule has 0 amide bonds. The monoisotopic (exact) mass is 301 g/mol. The van der Waals surface area contributed by atoms with E-state index >= 15 is 0 Å². The summed E-state index contributed by atoms with van der Waals surface area (Å²) in [6, 6.07) is 14.3. The van der Waals surface area contributed by atoms with Crippen molar-refractivity contribution >= 4 is 10.8 Å². The zero-order chi connectivity index (χ0) is 15.4. The molecule has 1 aliphatic rings. The van der Waals surface area contributed by atoms with Crippen molar-refractivity contribution in [1.29, 1.82) is 0 Å². The van der Waals surface area contributed by atoms with Crippen LogP contribution in [0.15, 0.2) is 42.5 Å². The summed E-state index contributed by atoms with van der Waals surface area (Å²) in [5.41, 5.74) is -0.305. The number of hydrogen-bond donors (Lipinski definition) is 1. The Morgan fingerprint density at radius 3 is 2.91 bits per heavy atom. The Kier molecular flexibility index (Phi) is 4.62. The Bertz CT molecular complexity index is 625. The highest BCUT2D eigenvalue weighted by molar-refractivity contribution is 5.88. The number of aliphatic hydroxyl groups excluding tert-OH is 1. The zero-order valence-electron chi connectivity index (χ0n) is 13.0. The summed E-state index contributed by atoms with van der Waals surface area (Å²) in [6.07, 6.45) is 0. The molecule has 0 aliphatic carbocycles. The van der Waals surface area contributed by atoms with Crippen LogP contribution in [0.1, 0.15) is 6.92 Å². The first kappa shape index (κ1) is 15.3. The third-order valence-corrected chi connectivity index (χ3v) is 4.39. The molecule has 22 heavy (non-hydrogen) atoms. The van der Waals surface area contributed by atoms with Crippen LogP contribution < -0.4 is 4.74 Å². The average Bonchev–Trinajstić information content (AvgIpc) is 2.57. The number of ether oxygens (including phenoxy) is 2. The Labute approximate surface area is 131 Å². The molecule has 0 radical (unpaired) electrons. The first-order chi connectivity index (χ1) is 10.7. The normalized spacial score (nSPS) is 22.8. The molecule has 1 saturated heterocycles. The number of benzene rings is 2. The molecule has 1 atom stereocenters. The van der Waals surface area contributed by atoms with Crippen LogP contribution in [0.25, 0.3) is 10.8 Å². The smallest absolute Gasteiger partial charge is 0.127 e. The Hall–Kier alpha value is -1.62. The van der Waals surface area contributed by atoms with Gasteiger partial charge in [0.2, 0.25) is 0 Å². The molecule has 118 valence electrons. The molecule has 0 bridgehead atoms. The molecule has 4 nitrogen and oxygen atoms in total. The molecule has 1 aliphatic heterocycles. The molecule has 1 fully saturated rings. The van der Waals surface area contributed by atoms with Gasteiger partial charge in [-0.2, -0.15) is 0 Å². The predicted molar refractivity (Wildman–Crippen MR) is 87.3 cm³/mol. The largest absolute Gasteiger partial charge is 0.492 e. The van der Waals surface area contributed by atoms with Gasteiger partial charge in [-0.15, -0.1) is 0 Å². The van der Waals surface area contributed by atoms with Crippen LogP contribution >= 0.6 is 0 Å². The van der Waals surface area contributed by atoms with Crippen molar-refractivity contribution in [2.75, 3.05) is 39.5 Å². The van der Waals surface area contributed by atoms with Gasteiger partial charge in [-0.3, -0.25) is 4.90 Å². The Balaban J connectivity index is 1.65.